The average Bonchev–Trinajstić information content (AvgIpc) is 2.95. The first-order valence-corrected chi connectivity index (χ1v) is 10.7. The van der Waals surface area contributed by atoms with Gasteiger partial charge >= 0.3 is 0 Å². The smallest absolute Gasteiger partial charge is 0.224 e. The second-order valence-electron chi connectivity index (χ2n) is 8.18. The molecule has 1 unspecified atom stereocenters. The molecule has 0 saturated heterocycles. The fraction of sp³-hybridized carbons (Fsp3) is 0.423. The molecule has 4 heteroatoms. The molecular weight excluding hydrogens is 375 g/mol. The number of halogens is 1. The maximum absolute atomic E-state index is 14.1. The molecule has 1 aromatic carbocycles. The van der Waals surface area contributed by atoms with Crippen molar-refractivity contribution in [3.8, 4) is 0 Å². The van der Waals surface area contributed by atoms with Crippen LogP contribution in [-0.4, -0.2) is 38.0 Å². The molecule has 0 aromatic heterocycles. The molecule has 1 amide bonds. The van der Waals surface area contributed by atoms with Gasteiger partial charge in [-0.15, -0.1) is 0 Å². The number of amides is 1. The van der Waals surface area contributed by atoms with Crippen LogP contribution in [0.3, 0.4) is 0 Å². The summed E-state index contributed by atoms with van der Waals surface area (Å²) in [6, 6.07) is 4.89. The van der Waals surface area contributed by atoms with Crippen LogP contribution in [0.1, 0.15) is 51.7 Å². The van der Waals surface area contributed by atoms with Gasteiger partial charge in [0.25, 0.3) is 0 Å². The number of likely N-dealkylation sites (N-methyl/N-ethyl adjacent to an activating group) is 1. The molecule has 0 aliphatic heterocycles. The molecule has 162 valence electrons. The molecule has 1 N–H and O–H groups in total. The second kappa shape index (κ2) is 11.1. The highest BCUT2D eigenvalue weighted by molar-refractivity contribution is 6.04. The Labute approximate surface area is 181 Å². The van der Waals surface area contributed by atoms with Gasteiger partial charge in [0.15, 0.2) is 0 Å². The Morgan fingerprint density at radius 1 is 1.27 bits per heavy atom. The standard InChI is InChI=1S/C26H35FN2O/c1-7-9-10-20(18(3)8-2)15-23-19(4)24(17-26(30)28-13-14-29(5)6)25-16-21(27)11-12-22(23)25/h7,9-12,15-16,18H,8,13-14,17H2,1-6H3,(H,28,30)/b9-7-,20-10-,23-15-. The van der Waals surface area contributed by atoms with E-state index in [4.69, 9.17) is 0 Å². The van der Waals surface area contributed by atoms with E-state index in [0.717, 1.165) is 40.8 Å². The largest absolute Gasteiger partial charge is 0.355 e. The number of rotatable bonds is 9. The lowest BCUT2D eigenvalue weighted by atomic mass is 9.92. The summed E-state index contributed by atoms with van der Waals surface area (Å²) in [6.45, 7) is 9.82. The summed E-state index contributed by atoms with van der Waals surface area (Å²) < 4.78 is 14.1. The number of hydrogen-bond acceptors (Lipinski definition) is 2. The van der Waals surface area contributed by atoms with E-state index in [-0.39, 0.29) is 18.1 Å². The fourth-order valence-electron chi connectivity index (χ4n) is 3.59. The molecule has 3 nitrogen and oxygen atoms in total. The molecule has 0 saturated carbocycles. The summed E-state index contributed by atoms with van der Waals surface area (Å²) in [6.07, 6.45) is 9.71. The Kier molecular flexibility index (Phi) is 8.79. The number of carbonyl (C=O) groups is 1. The number of carbonyl (C=O) groups excluding carboxylic acids is 1. The van der Waals surface area contributed by atoms with Crippen LogP contribution in [0.5, 0.6) is 0 Å². The van der Waals surface area contributed by atoms with Crippen molar-refractivity contribution in [1.82, 2.24) is 10.2 Å². The maximum atomic E-state index is 14.1. The van der Waals surface area contributed by atoms with Crippen LogP contribution in [0.2, 0.25) is 0 Å². The predicted molar refractivity (Wildman–Crippen MR) is 126 cm³/mol. The van der Waals surface area contributed by atoms with Gasteiger partial charge in [-0.1, -0.05) is 44.2 Å². The number of allylic oxidation sites excluding steroid dienone is 7. The summed E-state index contributed by atoms with van der Waals surface area (Å²) in [5, 5.41) is 2.97. The molecule has 2 rings (SSSR count). The third-order valence-electron chi connectivity index (χ3n) is 5.65. The lowest BCUT2D eigenvalue weighted by molar-refractivity contribution is -0.120. The van der Waals surface area contributed by atoms with Crippen molar-refractivity contribution in [1.29, 1.82) is 0 Å². The van der Waals surface area contributed by atoms with E-state index in [1.807, 2.05) is 45.0 Å². The van der Waals surface area contributed by atoms with Crippen LogP contribution in [0.25, 0.3) is 11.1 Å². The molecule has 1 aliphatic carbocycles. The molecule has 0 spiro atoms. The molecule has 0 fully saturated rings. The Balaban J connectivity index is 2.43. The van der Waals surface area contributed by atoms with E-state index >= 15 is 0 Å². The van der Waals surface area contributed by atoms with Crippen molar-refractivity contribution >= 4 is 17.1 Å². The van der Waals surface area contributed by atoms with E-state index in [0.29, 0.717) is 12.5 Å². The zero-order valence-electron chi connectivity index (χ0n) is 19.2. The van der Waals surface area contributed by atoms with Gasteiger partial charge < -0.3 is 10.2 Å². The van der Waals surface area contributed by atoms with Crippen molar-refractivity contribution in [3.05, 3.63) is 70.6 Å². The van der Waals surface area contributed by atoms with Crippen LogP contribution >= 0.6 is 0 Å². The summed E-state index contributed by atoms with van der Waals surface area (Å²) in [4.78, 5) is 14.6. The first-order valence-electron chi connectivity index (χ1n) is 10.7. The van der Waals surface area contributed by atoms with Crippen molar-refractivity contribution in [2.45, 2.75) is 40.5 Å². The van der Waals surface area contributed by atoms with Gasteiger partial charge in [-0.05, 0) is 85.8 Å². The third-order valence-corrected chi connectivity index (χ3v) is 5.65. The van der Waals surface area contributed by atoms with Crippen LogP contribution in [0.4, 0.5) is 4.39 Å². The zero-order chi connectivity index (χ0) is 22.3. The fourth-order valence-corrected chi connectivity index (χ4v) is 3.59. The van der Waals surface area contributed by atoms with E-state index in [1.54, 1.807) is 6.07 Å². The Hall–Kier alpha value is -2.46. The Bertz CT molecular complexity index is 890. The highest BCUT2D eigenvalue weighted by Crippen LogP contribution is 2.44. The lowest BCUT2D eigenvalue weighted by Gasteiger charge is -2.12. The number of hydrogen-bond donors (Lipinski definition) is 1. The summed E-state index contributed by atoms with van der Waals surface area (Å²) in [5.41, 5.74) is 6.10. The van der Waals surface area contributed by atoms with E-state index in [9.17, 15) is 9.18 Å². The molecular formula is C26H35FN2O. The minimum atomic E-state index is -0.278. The minimum absolute atomic E-state index is 0.0331. The Morgan fingerprint density at radius 3 is 2.63 bits per heavy atom. The summed E-state index contributed by atoms with van der Waals surface area (Å²) >= 11 is 0. The summed E-state index contributed by atoms with van der Waals surface area (Å²) in [5.74, 6) is 0.0953. The van der Waals surface area contributed by atoms with Crippen molar-refractivity contribution in [2.24, 2.45) is 5.92 Å². The van der Waals surface area contributed by atoms with Gasteiger partial charge in [-0.25, -0.2) is 4.39 Å². The number of fused-ring (bicyclic) bond motifs is 1. The van der Waals surface area contributed by atoms with Gasteiger partial charge in [0.1, 0.15) is 5.82 Å². The van der Waals surface area contributed by atoms with Crippen molar-refractivity contribution in [2.75, 3.05) is 27.2 Å². The van der Waals surface area contributed by atoms with Gasteiger partial charge in [0.05, 0.1) is 6.42 Å². The van der Waals surface area contributed by atoms with E-state index in [1.165, 1.54) is 11.6 Å². The van der Waals surface area contributed by atoms with Crippen LogP contribution < -0.4 is 5.32 Å². The number of benzene rings is 1. The van der Waals surface area contributed by atoms with E-state index < -0.39 is 0 Å². The highest BCUT2D eigenvalue weighted by atomic mass is 19.1. The average molecular weight is 411 g/mol. The number of nitrogens with zero attached hydrogens (tertiary/aromatic N) is 1. The monoisotopic (exact) mass is 410 g/mol. The highest BCUT2D eigenvalue weighted by Gasteiger charge is 2.26. The van der Waals surface area contributed by atoms with Crippen LogP contribution in [0.15, 0.2) is 53.6 Å². The van der Waals surface area contributed by atoms with Crippen molar-refractivity contribution in [3.63, 3.8) is 0 Å². The van der Waals surface area contributed by atoms with Gasteiger partial charge in [0, 0.05) is 13.1 Å². The molecule has 1 aliphatic rings. The predicted octanol–water partition coefficient (Wildman–Crippen LogP) is 5.61. The van der Waals surface area contributed by atoms with Crippen molar-refractivity contribution < 1.29 is 9.18 Å². The number of nitrogens with one attached hydrogen (secondary N) is 1. The molecule has 1 aromatic rings. The minimum Gasteiger partial charge on any atom is -0.355 e. The molecule has 0 bridgehead atoms. The van der Waals surface area contributed by atoms with Crippen LogP contribution in [0, 0.1) is 11.7 Å². The molecule has 1 atom stereocenters. The topological polar surface area (TPSA) is 32.3 Å². The van der Waals surface area contributed by atoms with E-state index in [2.05, 4.69) is 37.4 Å². The van der Waals surface area contributed by atoms with Gasteiger partial charge in [-0.3, -0.25) is 4.79 Å². The third kappa shape index (κ3) is 6.02. The Morgan fingerprint density at radius 2 is 2.00 bits per heavy atom. The van der Waals surface area contributed by atoms with Gasteiger partial charge in [0.2, 0.25) is 5.91 Å². The molecule has 30 heavy (non-hydrogen) atoms. The first-order chi connectivity index (χ1) is 14.3. The SMILES string of the molecule is C\C=C/C=C(/C=C1/C(C)=C(CC(=O)NCCN(C)C)c2cc(F)ccc21)C(C)CC. The summed E-state index contributed by atoms with van der Waals surface area (Å²) in [7, 11) is 3.95. The quantitative estimate of drug-likeness (QED) is 0.537. The first kappa shape index (κ1) is 23.8. The lowest BCUT2D eigenvalue weighted by Crippen LogP contribution is -2.31. The normalized spacial score (nSPS) is 16.7. The second-order valence-corrected chi connectivity index (χ2v) is 8.18. The van der Waals surface area contributed by atoms with Crippen LogP contribution in [-0.2, 0) is 4.79 Å². The molecule has 0 radical (unpaired) electrons. The molecule has 0 heterocycles. The zero-order valence-corrected chi connectivity index (χ0v) is 19.2. The maximum Gasteiger partial charge on any atom is 0.224 e. The van der Waals surface area contributed by atoms with Gasteiger partial charge in [-0.2, -0.15) is 0 Å².